The molecule has 0 saturated heterocycles. The molecule has 0 atom stereocenters. The first kappa shape index (κ1) is 12.9. The Kier molecular flexibility index (Phi) is 4.59. The van der Waals surface area contributed by atoms with E-state index >= 15 is 0 Å². The highest BCUT2D eigenvalue weighted by atomic mass is 16.5. The predicted molar refractivity (Wildman–Crippen MR) is 72.0 cm³/mol. The van der Waals surface area contributed by atoms with Crippen LogP contribution in [0.1, 0.15) is 24.8 Å². The number of amides is 1. The molecular formula is C14H20N2O2. The summed E-state index contributed by atoms with van der Waals surface area (Å²) >= 11 is 0. The molecule has 4 heteroatoms. The largest absolute Gasteiger partial charge is 0.491 e. The second-order valence-electron chi connectivity index (χ2n) is 4.54. The van der Waals surface area contributed by atoms with E-state index in [1.807, 2.05) is 19.2 Å². The Bertz CT molecular complexity index is 418. The SMILES string of the molecule is CNCCCCc1ccc2c(c1)NC(=O)CCO2. The summed E-state index contributed by atoms with van der Waals surface area (Å²) in [4.78, 5) is 11.5. The smallest absolute Gasteiger partial charge is 0.227 e. The Balaban J connectivity index is 1.99. The van der Waals surface area contributed by atoms with E-state index in [2.05, 4.69) is 16.7 Å². The third-order valence-electron chi connectivity index (χ3n) is 3.05. The van der Waals surface area contributed by atoms with Gasteiger partial charge in [0.1, 0.15) is 5.75 Å². The Labute approximate surface area is 108 Å². The zero-order valence-electron chi connectivity index (χ0n) is 10.8. The number of hydrogen-bond acceptors (Lipinski definition) is 3. The average molecular weight is 248 g/mol. The molecule has 0 fully saturated rings. The number of benzene rings is 1. The van der Waals surface area contributed by atoms with Gasteiger partial charge >= 0.3 is 0 Å². The van der Waals surface area contributed by atoms with Crippen LogP contribution in [0.5, 0.6) is 5.75 Å². The van der Waals surface area contributed by atoms with Crippen LogP contribution >= 0.6 is 0 Å². The van der Waals surface area contributed by atoms with Gasteiger partial charge < -0.3 is 15.4 Å². The van der Waals surface area contributed by atoms with Gasteiger partial charge in [-0.25, -0.2) is 0 Å². The summed E-state index contributed by atoms with van der Waals surface area (Å²) in [6, 6.07) is 6.06. The second-order valence-corrected chi connectivity index (χ2v) is 4.54. The lowest BCUT2D eigenvalue weighted by Crippen LogP contribution is -2.10. The summed E-state index contributed by atoms with van der Waals surface area (Å²) in [6.45, 7) is 1.51. The number of anilines is 1. The molecular weight excluding hydrogens is 228 g/mol. The molecule has 0 unspecified atom stereocenters. The molecule has 1 aromatic rings. The zero-order chi connectivity index (χ0) is 12.8. The van der Waals surface area contributed by atoms with Crippen molar-refractivity contribution in [3.63, 3.8) is 0 Å². The first-order valence-electron chi connectivity index (χ1n) is 6.50. The lowest BCUT2D eigenvalue weighted by molar-refractivity contribution is -0.116. The van der Waals surface area contributed by atoms with Crippen molar-refractivity contribution in [2.45, 2.75) is 25.7 Å². The van der Waals surface area contributed by atoms with Gasteiger partial charge in [0.25, 0.3) is 0 Å². The van der Waals surface area contributed by atoms with Crippen molar-refractivity contribution in [3.05, 3.63) is 23.8 Å². The van der Waals surface area contributed by atoms with Gasteiger partial charge in [0.05, 0.1) is 18.7 Å². The first-order valence-corrected chi connectivity index (χ1v) is 6.50. The van der Waals surface area contributed by atoms with Crippen molar-refractivity contribution in [1.82, 2.24) is 5.32 Å². The first-order chi connectivity index (χ1) is 8.79. The molecule has 0 saturated carbocycles. The molecule has 18 heavy (non-hydrogen) atoms. The maximum absolute atomic E-state index is 11.5. The van der Waals surface area contributed by atoms with Crippen molar-refractivity contribution >= 4 is 11.6 Å². The van der Waals surface area contributed by atoms with Crippen LogP contribution in [0.2, 0.25) is 0 Å². The number of fused-ring (bicyclic) bond motifs is 1. The third-order valence-corrected chi connectivity index (χ3v) is 3.05. The molecule has 0 aliphatic carbocycles. The van der Waals surface area contributed by atoms with Crippen molar-refractivity contribution < 1.29 is 9.53 Å². The van der Waals surface area contributed by atoms with Crippen LogP contribution in [-0.2, 0) is 11.2 Å². The van der Waals surface area contributed by atoms with Gasteiger partial charge in [-0.15, -0.1) is 0 Å². The van der Waals surface area contributed by atoms with Crippen LogP contribution in [0.15, 0.2) is 18.2 Å². The topological polar surface area (TPSA) is 50.4 Å². The van der Waals surface area contributed by atoms with Crippen LogP contribution in [0.25, 0.3) is 0 Å². The summed E-state index contributed by atoms with van der Waals surface area (Å²) in [5, 5.41) is 6.03. The summed E-state index contributed by atoms with van der Waals surface area (Å²) in [5.41, 5.74) is 2.05. The minimum absolute atomic E-state index is 0.0288. The second kappa shape index (κ2) is 6.40. The van der Waals surface area contributed by atoms with Crippen molar-refractivity contribution in [1.29, 1.82) is 0 Å². The highest BCUT2D eigenvalue weighted by Gasteiger charge is 2.13. The molecule has 0 radical (unpaired) electrons. The van der Waals surface area contributed by atoms with E-state index in [1.165, 1.54) is 5.56 Å². The fraction of sp³-hybridized carbons (Fsp3) is 0.500. The number of unbranched alkanes of at least 4 members (excludes halogenated alkanes) is 1. The molecule has 0 aromatic heterocycles. The van der Waals surface area contributed by atoms with Crippen molar-refractivity contribution in [3.8, 4) is 5.75 Å². The van der Waals surface area contributed by atoms with Crippen molar-refractivity contribution in [2.75, 3.05) is 25.5 Å². The normalized spacial score (nSPS) is 14.4. The number of carbonyl (C=O) groups is 1. The maximum Gasteiger partial charge on any atom is 0.227 e. The zero-order valence-corrected chi connectivity index (χ0v) is 10.8. The van der Waals surface area contributed by atoms with Gasteiger partial charge in [-0.05, 0) is 50.6 Å². The molecule has 1 aliphatic rings. The quantitative estimate of drug-likeness (QED) is 0.783. The monoisotopic (exact) mass is 248 g/mol. The molecule has 1 aromatic carbocycles. The highest BCUT2D eigenvalue weighted by molar-refractivity contribution is 5.93. The number of rotatable bonds is 5. The Morgan fingerprint density at radius 3 is 3.11 bits per heavy atom. The number of carbonyl (C=O) groups excluding carboxylic acids is 1. The van der Waals surface area contributed by atoms with Crippen LogP contribution in [-0.4, -0.2) is 26.1 Å². The van der Waals surface area contributed by atoms with E-state index in [1.54, 1.807) is 0 Å². The summed E-state index contributed by atoms with van der Waals surface area (Å²) in [5.74, 6) is 0.806. The van der Waals surface area contributed by atoms with Gasteiger partial charge in [0.2, 0.25) is 5.91 Å². The van der Waals surface area contributed by atoms with Gasteiger partial charge in [-0.2, -0.15) is 0 Å². The molecule has 2 rings (SSSR count). The van der Waals surface area contributed by atoms with E-state index in [4.69, 9.17) is 4.74 Å². The standard InChI is InChI=1S/C14H20N2O2/c1-15-8-3-2-4-11-5-6-13-12(10-11)16-14(17)7-9-18-13/h5-6,10,15H,2-4,7-9H2,1H3,(H,16,17). The van der Waals surface area contributed by atoms with Gasteiger partial charge in [-0.1, -0.05) is 6.07 Å². The highest BCUT2D eigenvalue weighted by Crippen LogP contribution is 2.28. The van der Waals surface area contributed by atoms with E-state index in [0.717, 1.165) is 37.2 Å². The average Bonchev–Trinajstić information content (AvgIpc) is 2.55. The number of nitrogens with one attached hydrogen (secondary N) is 2. The lowest BCUT2D eigenvalue weighted by Gasteiger charge is -2.09. The predicted octanol–water partition coefficient (Wildman–Crippen LogP) is 1.95. The Morgan fingerprint density at radius 1 is 1.39 bits per heavy atom. The minimum atomic E-state index is 0.0288. The Morgan fingerprint density at radius 2 is 2.28 bits per heavy atom. The molecule has 1 aliphatic heterocycles. The van der Waals surface area contributed by atoms with E-state index in [0.29, 0.717) is 13.0 Å². The van der Waals surface area contributed by atoms with E-state index in [9.17, 15) is 4.79 Å². The summed E-state index contributed by atoms with van der Waals surface area (Å²) < 4.78 is 5.52. The van der Waals surface area contributed by atoms with Gasteiger partial charge in [0.15, 0.2) is 0 Å². The van der Waals surface area contributed by atoms with Crippen LogP contribution in [0.3, 0.4) is 0 Å². The van der Waals surface area contributed by atoms with Gasteiger partial charge in [0, 0.05) is 0 Å². The lowest BCUT2D eigenvalue weighted by atomic mass is 10.1. The maximum atomic E-state index is 11.5. The fourth-order valence-corrected chi connectivity index (χ4v) is 2.05. The van der Waals surface area contributed by atoms with Gasteiger partial charge in [-0.3, -0.25) is 4.79 Å². The molecule has 98 valence electrons. The van der Waals surface area contributed by atoms with Crippen LogP contribution in [0, 0.1) is 0 Å². The molecule has 4 nitrogen and oxygen atoms in total. The number of hydrogen-bond donors (Lipinski definition) is 2. The molecule has 0 spiro atoms. The fourth-order valence-electron chi connectivity index (χ4n) is 2.05. The van der Waals surface area contributed by atoms with Crippen molar-refractivity contribution in [2.24, 2.45) is 0 Å². The Hall–Kier alpha value is -1.55. The third kappa shape index (κ3) is 3.47. The molecule has 1 amide bonds. The summed E-state index contributed by atoms with van der Waals surface area (Å²) in [7, 11) is 1.97. The molecule has 0 bridgehead atoms. The number of ether oxygens (including phenoxy) is 1. The minimum Gasteiger partial charge on any atom is -0.491 e. The van der Waals surface area contributed by atoms with E-state index < -0.39 is 0 Å². The van der Waals surface area contributed by atoms with E-state index in [-0.39, 0.29) is 5.91 Å². The van der Waals surface area contributed by atoms with Crippen LogP contribution in [0.4, 0.5) is 5.69 Å². The molecule has 2 N–H and O–H groups in total. The molecule has 1 heterocycles. The summed E-state index contributed by atoms with van der Waals surface area (Å²) in [6.07, 6.45) is 3.77. The van der Waals surface area contributed by atoms with Crippen LogP contribution < -0.4 is 15.4 Å². The number of aryl methyl sites for hydroxylation is 1.